The summed E-state index contributed by atoms with van der Waals surface area (Å²) in [6.07, 6.45) is 5.99. The van der Waals surface area contributed by atoms with Crippen molar-refractivity contribution in [2.45, 2.75) is 24.9 Å². The Morgan fingerprint density at radius 2 is 1.83 bits per heavy atom. The predicted molar refractivity (Wildman–Crippen MR) is 109 cm³/mol. The second-order valence-electron chi connectivity index (χ2n) is 7.09. The monoisotopic (exact) mass is 409 g/mol. The zero-order valence-corrected chi connectivity index (χ0v) is 16.4. The smallest absolute Gasteiger partial charge is 0.291 e. The van der Waals surface area contributed by atoms with Crippen LogP contribution in [0.2, 0.25) is 5.02 Å². The average molecular weight is 410 g/mol. The van der Waals surface area contributed by atoms with E-state index >= 15 is 0 Å². The van der Waals surface area contributed by atoms with Gasteiger partial charge >= 0.3 is 0 Å². The lowest BCUT2D eigenvalue weighted by Crippen LogP contribution is -2.31. The molecule has 2 atom stereocenters. The van der Waals surface area contributed by atoms with Gasteiger partial charge in [-0.05, 0) is 41.8 Å². The lowest BCUT2D eigenvalue weighted by atomic mass is 9.86. The molecule has 6 nitrogen and oxygen atoms in total. The standard InChI is InChI=1S/C22H20ClN3O3/c23-17-4-1-3-16(13-17)20-19(15-5-7-18(27)8-6-15)21(28)22(29)26(20)11-2-10-25-12-9-24-14-25/h1,3-9,12-14,19-20,27H,2,10-11H2. The topological polar surface area (TPSA) is 75.4 Å². The van der Waals surface area contributed by atoms with Crippen LogP contribution in [-0.4, -0.2) is 37.8 Å². The van der Waals surface area contributed by atoms with E-state index in [2.05, 4.69) is 4.98 Å². The molecule has 1 fully saturated rings. The van der Waals surface area contributed by atoms with Crippen LogP contribution in [0.15, 0.2) is 67.3 Å². The number of likely N-dealkylation sites (tertiary alicyclic amines) is 1. The average Bonchev–Trinajstić information content (AvgIpc) is 3.31. The number of hydrogen-bond donors (Lipinski definition) is 1. The number of ketones is 1. The number of carbonyl (C=O) groups excluding carboxylic acids is 2. The molecule has 7 heteroatoms. The Hall–Kier alpha value is -3.12. The van der Waals surface area contributed by atoms with Crippen LogP contribution in [0.1, 0.15) is 29.5 Å². The summed E-state index contributed by atoms with van der Waals surface area (Å²) in [5.41, 5.74) is 1.51. The summed E-state index contributed by atoms with van der Waals surface area (Å²) >= 11 is 6.20. The number of aryl methyl sites for hydroxylation is 1. The van der Waals surface area contributed by atoms with E-state index in [4.69, 9.17) is 11.6 Å². The Kier molecular flexibility index (Phi) is 5.36. The summed E-state index contributed by atoms with van der Waals surface area (Å²) in [4.78, 5) is 31.5. The van der Waals surface area contributed by atoms with Crippen molar-refractivity contribution in [2.75, 3.05) is 6.54 Å². The molecule has 1 aliphatic rings. The lowest BCUT2D eigenvalue weighted by Gasteiger charge is -2.28. The Labute approximate surface area is 173 Å². The maximum Gasteiger partial charge on any atom is 0.291 e. The number of halogens is 1. The normalized spacial score (nSPS) is 19.1. The lowest BCUT2D eigenvalue weighted by molar-refractivity contribution is -0.140. The first-order valence-electron chi connectivity index (χ1n) is 9.39. The van der Waals surface area contributed by atoms with E-state index in [1.807, 2.05) is 22.9 Å². The summed E-state index contributed by atoms with van der Waals surface area (Å²) in [5, 5.41) is 10.2. The molecule has 0 radical (unpaired) electrons. The molecule has 3 aromatic rings. The maximum absolute atomic E-state index is 13.0. The predicted octanol–water partition coefficient (Wildman–Crippen LogP) is 3.57. The quantitative estimate of drug-likeness (QED) is 0.631. The number of aromatic nitrogens is 2. The SMILES string of the molecule is O=C1C(=O)N(CCCn2ccnc2)C(c2cccc(Cl)c2)C1c1ccc(O)cc1. The van der Waals surface area contributed by atoms with E-state index in [1.165, 1.54) is 12.1 Å². The number of rotatable bonds is 6. The number of nitrogens with zero attached hydrogens (tertiary/aromatic N) is 3. The van der Waals surface area contributed by atoms with E-state index < -0.39 is 23.7 Å². The van der Waals surface area contributed by atoms with Gasteiger partial charge < -0.3 is 14.6 Å². The third-order valence-electron chi connectivity index (χ3n) is 5.22. The zero-order valence-electron chi connectivity index (χ0n) is 15.6. The second-order valence-corrected chi connectivity index (χ2v) is 7.52. The molecule has 0 spiro atoms. The number of Topliss-reactive ketones (excluding diaryl/α,β-unsaturated/α-hetero) is 1. The van der Waals surface area contributed by atoms with Crippen molar-refractivity contribution in [3.8, 4) is 5.75 Å². The molecule has 1 aromatic heterocycles. The zero-order chi connectivity index (χ0) is 20.4. The molecule has 1 amide bonds. The van der Waals surface area contributed by atoms with Crippen LogP contribution in [0.5, 0.6) is 5.75 Å². The fraction of sp³-hybridized carbons (Fsp3) is 0.227. The van der Waals surface area contributed by atoms with Gasteiger partial charge in [0, 0.05) is 30.5 Å². The highest BCUT2D eigenvalue weighted by Gasteiger charge is 2.48. The number of carbonyl (C=O) groups is 2. The third-order valence-corrected chi connectivity index (χ3v) is 5.46. The number of amides is 1. The largest absolute Gasteiger partial charge is 0.508 e. The fourth-order valence-electron chi connectivity index (χ4n) is 3.89. The van der Waals surface area contributed by atoms with Crippen molar-refractivity contribution in [3.63, 3.8) is 0 Å². The Morgan fingerprint density at radius 3 is 2.52 bits per heavy atom. The molecule has 148 valence electrons. The van der Waals surface area contributed by atoms with Gasteiger partial charge in [0.2, 0.25) is 5.78 Å². The van der Waals surface area contributed by atoms with Gasteiger partial charge in [-0.15, -0.1) is 0 Å². The van der Waals surface area contributed by atoms with Gasteiger partial charge in [0.25, 0.3) is 5.91 Å². The first-order valence-corrected chi connectivity index (χ1v) is 9.77. The summed E-state index contributed by atoms with van der Waals surface area (Å²) in [6.45, 7) is 1.14. The first-order chi connectivity index (χ1) is 14.0. The number of aromatic hydroxyl groups is 1. The second kappa shape index (κ2) is 8.09. The molecule has 2 aromatic carbocycles. The molecular weight excluding hydrogens is 390 g/mol. The van der Waals surface area contributed by atoms with Crippen LogP contribution in [0, 0.1) is 0 Å². The minimum atomic E-state index is -0.644. The number of phenols is 1. The van der Waals surface area contributed by atoms with Gasteiger partial charge in [0.1, 0.15) is 5.75 Å². The molecule has 1 saturated heterocycles. The van der Waals surface area contributed by atoms with Gasteiger partial charge in [0.05, 0.1) is 18.3 Å². The molecule has 2 unspecified atom stereocenters. The molecule has 1 N–H and O–H groups in total. The summed E-state index contributed by atoms with van der Waals surface area (Å²) in [5.74, 6) is -1.46. The van der Waals surface area contributed by atoms with E-state index in [0.717, 1.165) is 5.56 Å². The summed E-state index contributed by atoms with van der Waals surface area (Å²) < 4.78 is 1.94. The van der Waals surface area contributed by atoms with E-state index in [-0.39, 0.29) is 5.75 Å². The molecule has 4 rings (SSSR count). The molecule has 0 aliphatic carbocycles. The molecule has 2 heterocycles. The van der Waals surface area contributed by atoms with E-state index in [1.54, 1.807) is 41.7 Å². The Morgan fingerprint density at radius 1 is 1.03 bits per heavy atom. The summed E-state index contributed by atoms with van der Waals surface area (Å²) in [6, 6.07) is 13.3. The number of hydrogen-bond acceptors (Lipinski definition) is 4. The molecular formula is C22H20ClN3O3. The Balaban J connectivity index is 1.67. The van der Waals surface area contributed by atoms with E-state index in [0.29, 0.717) is 30.1 Å². The van der Waals surface area contributed by atoms with Crippen molar-refractivity contribution in [3.05, 3.63) is 83.4 Å². The van der Waals surface area contributed by atoms with Crippen LogP contribution >= 0.6 is 11.6 Å². The first kappa shape index (κ1) is 19.2. The van der Waals surface area contributed by atoms with Gasteiger partial charge in [-0.25, -0.2) is 4.98 Å². The van der Waals surface area contributed by atoms with Crippen LogP contribution in [0.4, 0.5) is 0 Å². The fourth-order valence-corrected chi connectivity index (χ4v) is 4.08. The molecule has 0 saturated carbocycles. The highest BCUT2D eigenvalue weighted by atomic mass is 35.5. The summed E-state index contributed by atoms with van der Waals surface area (Å²) in [7, 11) is 0. The van der Waals surface area contributed by atoms with Crippen molar-refractivity contribution in [1.29, 1.82) is 0 Å². The van der Waals surface area contributed by atoms with Crippen molar-refractivity contribution in [1.82, 2.24) is 14.5 Å². The van der Waals surface area contributed by atoms with Gasteiger partial charge in [-0.1, -0.05) is 35.9 Å². The number of benzene rings is 2. The van der Waals surface area contributed by atoms with Gasteiger partial charge in [0.15, 0.2) is 0 Å². The van der Waals surface area contributed by atoms with Crippen LogP contribution in [-0.2, 0) is 16.1 Å². The number of phenolic OH excluding ortho intramolecular Hbond substituents is 1. The highest BCUT2D eigenvalue weighted by molar-refractivity contribution is 6.40. The molecule has 1 aliphatic heterocycles. The van der Waals surface area contributed by atoms with Gasteiger partial charge in [-0.3, -0.25) is 9.59 Å². The highest BCUT2D eigenvalue weighted by Crippen LogP contribution is 2.43. The minimum Gasteiger partial charge on any atom is -0.508 e. The molecule has 0 bridgehead atoms. The maximum atomic E-state index is 13.0. The molecule has 29 heavy (non-hydrogen) atoms. The van der Waals surface area contributed by atoms with Crippen molar-refractivity contribution >= 4 is 23.3 Å². The van der Waals surface area contributed by atoms with Gasteiger partial charge in [-0.2, -0.15) is 0 Å². The van der Waals surface area contributed by atoms with Crippen molar-refractivity contribution in [2.24, 2.45) is 0 Å². The van der Waals surface area contributed by atoms with Crippen molar-refractivity contribution < 1.29 is 14.7 Å². The van der Waals surface area contributed by atoms with Crippen LogP contribution in [0.3, 0.4) is 0 Å². The minimum absolute atomic E-state index is 0.113. The van der Waals surface area contributed by atoms with Crippen LogP contribution in [0.25, 0.3) is 0 Å². The Bertz CT molecular complexity index is 1020. The number of imidazole rings is 1. The van der Waals surface area contributed by atoms with Crippen LogP contribution < -0.4 is 0 Å². The third kappa shape index (κ3) is 3.89. The van der Waals surface area contributed by atoms with E-state index in [9.17, 15) is 14.7 Å².